The Hall–Kier alpha value is -2.37. The average molecular weight is 370 g/mol. The number of rotatable bonds is 5. The summed E-state index contributed by atoms with van der Waals surface area (Å²) in [4.78, 5) is 36.4. The first kappa shape index (κ1) is 18.0. The van der Waals surface area contributed by atoms with Crippen molar-refractivity contribution < 1.29 is 19.1 Å². The molecule has 4 aliphatic rings. The zero-order valence-corrected chi connectivity index (χ0v) is 15.6. The van der Waals surface area contributed by atoms with E-state index in [9.17, 15) is 14.4 Å². The zero-order valence-electron chi connectivity index (χ0n) is 15.6. The third-order valence-corrected chi connectivity index (χ3v) is 6.46. The maximum atomic E-state index is 12.8. The summed E-state index contributed by atoms with van der Waals surface area (Å²) in [5.74, 6) is 1.26. The fourth-order valence-electron chi connectivity index (χ4n) is 5.69. The molecule has 4 fully saturated rings. The van der Waals surface area contributed by atoms with Gasteiger partial charge < -0.3 is 15.4 Å². The van der Waals surface area contributed by atoms with Crippen molar-refractivity contribution in [2.24, 2.45) is 23.2 Å². The zero-order chi connectivity index (χ0) is 19.0. The summed E-state index contributed by atoms with van der Waals surface area (Å²) in [6.45, 7) is -0.266. The second kappa shape index (κ2) is 6.98. The van der Waals surface area contributed by atoms with Crippen LogP contribution in [0.2, 0.25) is 0 Å². The Morgan fingerprint density at radius 1 is 1.00 bits per heavy atom. The van der Waals surface area contributed by atoms with E-state index in [2.05, 4.69) is 10.6 Å². The van der Waals surface area contributed by atoms with Crippen LogP contribution in [-0.4, -0.2) is 31.4 Å². The number of carbonyl (C=O) groups is 3. The summed E-state index contributed by atoms with van der Waals surface area (Å²) in [6.07, 6.45) is 6.58. The third kappa shape index (κ3) is 3.57. The number of anilines is 1. The second-order valence-electron chi connectivity index (χ2n) is 8.48. The van der Waals surface area contributed by atoms with Crippen LogP contribution in [0.3, 0.4) is 0 Å². The van der Waals surface area contributed by atoms with E-state index in [1.54, 1.807) is 31.3 Å². The summed E-state index contributed by atoms with van der Waals surface area (Å²) in [6, 6.07) is 6.58. The molecule has 0 aromatic heterocycles. The molecule has 144 valence electrons. The van der Waals surface area contributed by atoms with Crippen molar-refractivity contribution in [3.63, 3.8) is 0 Å². The molecule has 4 saturated carbocycles. The molecule has 0 radical (unpaired) electrons. The van der Waals surface area contributed by atoms with E-state index in [4.69, 9.17) is 4.74 Å². The molecule has 2 amide bonds. The lowest BCUT2D eigenvalue weighted by molar-refractivity contribution is -0.172. The molecule has 4 bridgehead atoms. The first-order valence-corrected chi connectivity index (χ1v) is 9.76. The molecule has 5 rings (SSSR count). The normalized spacial score (nSPS) is 30.6. The minimum Gasteiger partial charge on any atom is -0.455 e. The maximum absolute atomic E-state index is 12.8. The van der Waals surface area contributed by atoms with Crippen LogP contribution in [0.5, 0.6) is 0 Å². The first-order chi connectivity index (χ1) is 13.0. The number of amides is 2. The van der Waals surface area contributed by atoms with Crippen molar-refractivity contribution in [3.05, 3.63) is 29.8 Å². The molecule has 1 aromatic carbocycles. The number of nitrogens with one attached hydrogen (secondary N) is 2. The third-order valence-electron chi connectivity index (χ3n) is 6.46. The van der Waals surface area contributed by atoms with Crippen LogP contribution >= 0.6 is 0 Å². The predicted octanol–water partition coefficient (Wildman–Crippen LogP) is 2.74. The Bertz CT molecular complexity index is 721. The van der Waals surface area contributed by atoms with Gasteiger partial charge in [0, 0.05) is 18.3 Å². The van der Waals surface area contributed by atoms with Crippen molar-refractivity contribution >= 4 is 23.5 Å². The van der Waals surface area contributed by atoms with Gasteiger partial charge in [-0.1, -0.05) is 0 Å². The molecule has 0 spiro atoms. The van der Waals surface area contributed by atoms with Gasteiger partial charge in [-0.25, -0.2) is 0 Å². The molecule has 4 aliphatic carbocycles. The smallest absolute Gasteiger partial charge is 0.312 e. The van der Waals surface area contributed by atoms with Crippen molar-refractivity contribution in [1.29, 1.82) is 0 Å². The van der Waals surface area contributed by atoms with Crippen molar-refractivity contribution in [2.45, 2.75) is 38.5 Å². The fraction of sp³-hybridized carbons (Fsp3) is 0.571. The summed E-state index contributed by atoms with van der Waals surface area (Å²) in [5.41, 5.74) is 0.742. The largest absolute Gasteiger partial charge is 0.455 e. The summed E-state index contributed by atoms with van der Waals surface area (Å²) in [5, 5.41) is 5.25. The van der Waals surface area contributed by atoms with Gasteiger partial charge in [-0.2, -0.15) is 0 Å². The lowest BCUT2D eigenvalue weighted by Crippen LogP contribution is -2.50. The lowest BCUT2D eigenvalue weighted by Gasteiger charge is -2.55. The van der Waals surface area contributed by atoms with Gasteiger partial charge >= 0.3 is 5.97 Å². The van der Waals surface area contributed by atoms with Gasteiger partial charge in [-0.05, 0) is 80.5 Å². The van der Waals surface area contributed by atoms with Gasteiger partial charge in [-0.15, -0.1) is 0 Å². The van der Waals surface area contributed by atoms with Crippen molar-refractivity contribution in [2.75, 3.05) is 19.0 Å². The molecule has 0 unspecified atom stereocenters. The van der Waals surface area contributed by atoms with Gasteiger partial charge in [0.25, 0.3) is 11.8 Å². The number of hydrogen-bond donors (Lipinski definition) is 2. The lowest BCUT2D eigenvalue weighted by atomic mass is 9.49. The van der Waals surface area contributed by atoms with Crippen LogP contribution in [0.1, 0.15) is 48.9 Å². The highest BCUT2D eigenvalue weighted by molar-refractivity contribution is 5.96. The Kier molecular flexibility index (Phi) is 4.66. The molecule has 0 aliphatic heterocycles. The van der Waals surface area contributed by atoms with E-state index in [1.165, 1.54) is 19.3 Å². The summed E-state index contributed by atoms with van der Waals surface area (Å²) < 4.78 is 5.43. The number of hydrogen-bond acceptors (Lipinski definition) is 4. The van der Waals surface area contributed by atoms with Gasteiger partial charge in [0.1, 0.15) is 0 Å². The number of esters is 1. The van der Waals surface area contributed by atoms with E-state index < -0.39 is 0 Å². The molecule has 0 saturated heterocycles. The van der Waals surface area contributed by atoms with Gasteiger partial charge in [0.15, 0.2) is 6.61 Å². The van der Waals surface area contributed by atoms with E-state index in [1.807, 2.05) is 0 Å². The highest BCUT2D eigenvalue weighted by Gasteiger charge is 2.55. The molecule has 1 aromatic rings. The van der Waals surface area contributed by atoms with Crippen molar-refractivity contribution in [1.82, 2.24) is 5.32 Å². The first-order valence-electron chi connectivity index (χ1n) is 9.76. The molecule has 6 nitrogen and oxygen atoms in total. The monoisotopic (exact) mass is 370 g/mol. The number of ether oxygens (including phenoxy) is 1. The van der Waals surface area contributed by atoms with Gasteiger partial charge in [0.05, 0.1) is 5.41 Å². The fourth-order valence-corrected chi connectivity index (χ4v) is 5.69. The topological polar surface area (TPSA) is 84.5 Å². The number of benzene rings is 1. The average Bonchev–Trinajstić information content (AvgIpc) is 2.65. The maximum Gasteiger partial charge on any atom is 0.312 e. The van der Waals surface area contributed by atoms with Crippen LogP contribution in [0, 0.1) is 23.2 Å². The second-order valence-corrected chi connectivity index (χ2v) is 8.48. The van der Waals surface area contributed by atoms with Gasteiger partial charge in [0.2, 0.25) is 0 Å². The molecule has 0 heterocycles. The SMILES string of the molecule is CNC(=O)c1ccc(NC(=O)COC(=O)C23CC4CC(CC(C4)C2)C3)cc1. The van der Waals surface area contributed by atoms with Crippen LogP contribution in [0.15, 0.2) is 24.3 Å². The highest BCUT2D eigenvalue weighted by atomic mass is 16.5. The summed E-state index contributed by atoms with van der Waals surface area (Å²) in [7, 11) is 1.57. The van der Waals surface area contributed by atoms with E-state index in [0.717, 1.165) is 19.3 Å². The predicted molar refractivity (Wildman–Crippen MR) is 100 cm³/mol. The quantitative estimate of drug-likeness (QED) is 0.781. The molecule has 0 atom stereocenters. The van der Waals surface area contributed by atoms with Crippen LogP contribution < -0.4 is 10.6 Å². The van der Waals surface area contributed by atoms with Crippen LogP contribution in [-0.2, 0) is 14.3 Å². The van der Waals surface area contributed by atoms with Crippen LogP contribution in [0.4, 0.5) is 5.69 Å². The summed E-state index contributed by atoms with van der Waals surface area (Å²) >= 11 is 0. The molecule has 6 heteroatoms. The molecular weight excluding hydrogens is 344 g/mol. The Labute approximate surface area is 159 Å². The minimum atomic E-state index is -0.360. The molecular formula is C21H26N2O4. The van der Waals surface area contributed by atoms with Crippen molar-refractivity contribution in [3.8, 4) is 0 Å². The van der Waals surface area contributed by atoms with E-state index in [-0.39, 0.29) is 29.8 Å². The van der Waals surface area contributed by atoms with E-state index >= 15 is 0 Å². The van der Waals surface area contributed by atoms with Crippen LogP contribution in [0.25, 0.3) is 0 Å². The molecule has 2 N–H and O–H groups in total. The Morgan fingerprint density at radius 3 is 2.07 bits per heavy atom. The highest BCUT2D eigenvalue weighted by Crippen LogP contribution is 2.60. The number of carbonyl (C=O) groups excluding carboxylic acids is 3. The Balaban J connectivity index is 1.30. The van der Waals surface area contributed by atoms with Gasteiger partial charge in [-0.3, -0.25) is 14.4 Å². The standard InChI is InChI=1S/C21H26N2O4/c1-22-19(25)16-2-4-17(5-3-16)23-18(24)12-27-20(26)21-9-13-6-14(10-21)8-15(7-13)11-21/h2-5,13-15H,6-12H2,1H3,(H,22,25)(H,23,24). The minimum absolute atomic E-state index is 0.183. The molecule has 27 heavy (non-hydrogen) atoms. The Morgan fingerprint density at radius 2 is 1.56 bits per heavy atom. The van der Waals surface area contributed by atoms with E-state index in [0.29, 0.717) is 29.0 Å².